The second kappa shape index (κ2) is 7.96. The molecule has 0 fully saturated rings. The van der Waals surface area contributed by atoms with Crippen molar-refractivity contribution in [2.45, 2.75) is 19.0 Å². The summed E-state index contributed by atoms with van der Waals surface area (Å²) in [4.78, 5) is 45.4. The van der Waals surface area contributed by atoms with Crippen LogP contribution in [0.25, 0.3) is 11.0 Å². The quantitative estimate of drug-likeness (QED) is 0.405. The van der Waals surface area contributed by atoms with Gasteiger partial charge in [0.1, 0.15) is 11.3 Å². The van der Waals surface area contributed by atoms with E-state index in [1.807, 2.05) is 31.2 Å². The van der Waals surface area contributed by atoms with E-state index in [1.54, 1.807) is 48.4 Å². The van der Waals surface area contributed by atoms with Gasteiger partial charge in [-0.1, -0.05) is 41.9 Å². The zero-order chi connectivity index (χ0) is 25.2. The van der Waals surface area contributed by atoms with E-state index < -0.39 is 16.9 Å². The molecule has 0 radical (unpaired) electrons. The average Bonchev–Trinajstić information content (AvgIpc) is 3.29. The van der Waals surface area contributed by atoms with Crippen LogP contribution < -0.4 is 15.1 Å². The molecule has 1 aromatic heterocycles. The number of likely N-dealkylation sites (N-methyl/N-ethyl adjacent to an activating group) is 1. The lowest BCUT2D eigenvalue weighted by Gasteiger charge is -2.34. The van der Waals surface area contributed by atoms with Crippen LogP contribution in [0.15, 0.2) is 75.9 Å². The maximum atomic E-state index is 14.3. The fourth-order valence-corrected chi connectivity index (χ4v) is 5.58. The number of para-hydroxylation sites is 1. The van der Waals surface area contributed by atoms with E-state index in [-0.39, 0.29) is 34.7 Å². The predicted molar refractivity (Wildman–Crippen MR) is 136 cm³/mol. The van der Waals surface area contributed by atoms with Gasteiger partial charge in [0.15, 0.2) is 11.0 Å². The summed E-state index contributed by atoms with van der Waals surface area (Å²) in [5, 5.41) is 0.580. The van der Waals surface area contributed by atoms with Gasteiger partial charge < -0.3 is 19.0 Å². The molecule has 4 aromatic rings. The highest BCUT2D eigenvalue weighted by molar-refractivity contribution is 6.31. The van der Waals surface area contributed by atoms with Crippen LogP contribution in [0.1, 0.15) is 34.2 Å². The first-order valence-corrected chi connectivity index (χ1v) is 11.9. The molecule has 1 spiro atoms. The van der Waals surface area contributed by atoms with Gasteiger partial charge >= 0.3 is 0 Å². The van der Waals surface area contributed by atoms with Crippen LogP contribution in [-0.2, 0) is 16.9 Å². The van der Waals surface area contributed by atoms with Crippen LogP contribution in [0.3, 0.4) is 0 Å². The molecule has 3 heterocycles. The van der Waals surface area contributed by atoms with Gasteiger partial charge in [0.25, 0.3) is 11.8 Å². The molecule has 8 heteroatoms. The molecule has 0 aliphatic carbocycles. The molecule has 3 aromatic carbocycles. The number of methoxy groups -OCH3 is 1. The monoisotopic (exact) mass is 500 g/mol. The third kappa shape index (κ3) is 2.83. The first kappa shape index (κ1) is 22.4. The Morgan fingerprint density at radius 2 is 1.75 bits per heavy atom. The second-order valence-electron chi connectivity index (χ2n) is 8.79. The number of halogens is 1. The topological polar surface area (TPSA) is 80.1 Å². The standard InChI is InChI=1S/C28H21ClN2O5/c1-3-30-21-7-5-4-6-20(21)28(27(30)34)23-24(32)19-14-17(29)10-13-22(19)36-25(23)26(33)31(28)15-16-8-11-18(35-2)12-9-16/h4-14H,3,15H2,1-2H3. The summed E-state index contributed by atoms with van der Waals surface area (Å²) in [5.74, 6) is -0.329. The molecule has 36 heavy (non-hydrogen) atoms. The Morgan fingerprint density at radius 3 is 2.47 bits per heavy atom. The molecule has 0 N–H and O–H groups in total. The zero-order valence-electron chi connectivity index (χ0n) is 19.6. The van der Waals surface area contributed by atoms with Crippen LogP contribution in [0.4, 0.5) is 5.69 Å². The molecular weight excluding hydrogens is 480 g/mol. The molecule has 0 saturated heterocycles. The fourth-order valence-electron chi connectivity index (χ4n) is 5.41. The number of amides is 2. The second-order valence-corrected chi connectivity index (χ2v) is 9.23. The first-order chi connectivity index (χ1) is 17.4. The molecule has 1 atom stereocenters. The molecule has 0 saturated carbocycles. The van der Waals surface area contributed by atoms with E-state index in [0.29, 0.717) is 28.6 Å². The van der Waals surface area contributed by atoms with Gasteiger partial charge in [-0.25, -0.2) is 0 Å². The minimum Gasteiger partial charge on any atom is -0.497 e. The van der Waals surface area contributed by atoms with Crippen LogP contribution in [-0.4, -0.2) is 30.4 Å². The van der Waals surface area contributed by atoms with Gasteiger partial charge in [0.05, 0.1) is 23.7 Å². The molecule has 180 valence electrons. The van der Waals surface area contributed by atoms with E-state index in [0.717, 1.165) is 5.56 Å². The van der Waals surface area contributed by atoms with Gasteiger partial charge in [0, 0.05) is 23.7 Å². The first-order valence-electron chi connectivity index (χ1n) is 11.5. The van der Waals surface area contributed by atoms with Crippen LogP contribution in [0.5, 0.6) is 5.75 Å². The highest BCUT2D eigenvalue weighted by Gasteiger charge is 2.64. The molecule has 1 unspecified atom stereocenters. The molecule has 2 aliphatic heterocycles. The van der Waals surface area contributed by atoms with E-state index >= 15 is 0 Å². The minimum atomic E-state index is -1.66. The van der Waals surface area contributed by atoms with E-state index in [1.165, 1.54) is 11.0 Å². The summed E-state index contributed by atoms with van der Waals surface area (Å²) in [6.45, 7) is 2.32. The van der Waals surface area contributed by atoms with Crippen molar-refractivity contribution in [2.24, 2.45) is 0 Å². The number of hydrogen-bond donors (Lipinski definition) is 0. The number of benzene rings is 3. The van der Waals surface area contributed by atoms with Crippen LogP contribution in [0.2, 0.25) is 5.02 Å². The van der Waals surface area contributed by atoms with Gasteiger partial charge in [0.2, 0.25) is 5.76 Å². The Hall–Kier alpha value is -4.10. The third-order valence-corrected chi connectivity index (χ3v) is 7.25. The van der Waals surface area contributed by atoms with Crippen molar-refractivity contribution < 1.29 is 18.7 Å². The number of carbonyl (C=O) groups is 2. The predicted octanol–water partition coefficient (Wildman–Crippen LogP) is 4.72. The van der Waals surface area contributed by atoms with Crippen molar-refractivity contribution in [3.8, 4) is 5.75 Å². The highest BCUT2D eigenvalue weighted by atomic mass is 35.5. The average molecular weight is 501 g/mol. The number of hydrogen-bond acceptors (Lipinski definition) is 5. The highest BCUT2D eigenvalue weighted by Crippen LogP contribution is 2.53. The van der Waals surface area contributed by atoms with Crippen molar-refractivity contribution in [2.75, 3.05) is 18.6 Å². The summed E-state index contributed by atoms with van der Waals surface area (Å²) in [7, 11) is 1.58. The molecule has 2 aliphatic rings. The Balaban J connectivity index is 1.67. The maximum Gasteiger partial charge on any atom is 0.291 e. The smallest absolute Gasteiger partial charge is 0.291 e. The van der Waals surface area contributed by atoms with Gasteiger partial charge in [-0.05, 0) is 48.9 Å². The Bertz CT molecular complexity index is 1630. The molecule has 6 rings (SSSR count). The fraction of sp³-hybridized carbons (Fsp3) is 0.179. The maximum absolute atomic E-state index is 14.3. The van der Waals surface area contributed by atoms with E-state index in [2.05, 4.69) is 0 Å². The molecule has 2 amide bonds. The normalized spacial score (nSPS) is 18.3. The number of carbonyl (C=O) groups excluding carboxylic acids is 2. The van der Waals surface area contributed by atoms with Crippen molar-refractivity contribution in [1.82, 2.24) is 4.90 Å². The Kier molecular flexibility index (Phi) is 4.95. The minimum absolute atomic E-state index is 0.0316. The zero-order valence-corrected chi connectivity index (χ0v) is 20.3. The number of rotatable bonds is 4. The third-order valence-electron chi connectivity index (χ3n) is 7.01. The summed E-state index contributed by atoms with van der Waals surface area (Å²) in [6, 6.07) is 19.2. The van der Waals surface area contributed by atoms with Crippen molar-refractivity contribution >= 4 is 40.1 Å². The van der Waals surface area contributed by atoms with Gasteiger partial charge in [-0.15, -0.1) is 0 Å². The van der Waals surface area contributed by atoms with Crippen LogP contribution >= 0.6 is 11.6 Å². The van der Waals surface area contributed by atoms with Gasteiger partial charge in [-0.2, -0.15) is 0 Å². The largest absolute Gasteiger partial charge is 0.497 e. The molecule has 7 nitrogen and oxygen atoms in total. The van der Waals surface area contributed by atoms with Crippen LogP contribution in [0, 0.1) is 0 Å². The Morgan fingerprint density at radius 1 is 1.00 bits per heavy atom. The summed E-state index contributed by atoms with van der Waals surface area (Å²) >= 11 is 6.19. The number of anilines is 1. The SMILES string of the molecule is CCN1C(=O)C2(c3ccccc31)c1c(oc3ccc(Cl)cc3c1=O)C(=O)N2Cc1ccc(OC)cc1. The number of ether oxygens (including phenoxy) is 1. The van der Waals surface area contributed by atoms with Crippen molar-refractivity contribution in [1.29, 1.82) is 0 Å². The number of fused-ring (bicyclic) bond motifs is 5. The summed E-state index contributed by atoms with van der Waals surface area (Å²) in [5.41, 5.74) is 0.183. The lowest BCUT2D eigenvalue weighted by Crippen LogP contribution is -2.53. The lowest BCUT2D eigenvalue weighted by atomic mass is 9.83. The van der Waals surface area contributed by atoms with Crippen molar-refractivity contribution in [3.63, 3.8) is 0 Å². The lowest BCUT2D eigenvalue weighted by molar-refractivity contribution is -0.126. The van der Waals surface area contributed by atoms with Gasteiger partial charge in [-0.3, -0.25) is 14.4 Å². The van der Waals surface area contributed by atoms with Crippen molar-refractivity contribution in [3.05, 3.63) is 104 Å². The molecule has 0 bridgehead atoms. The van der Waals surface area contributed by atoms with E-state index in [4.69, 9.17) is 20.8 Å². The summed E-state index contributed by atoms with van der Waals surface area (Å²) < 4.78 is 11.3. The number of nitrogens with zero attached hydrogens (tertiary/aromatic N) is 2. The summed E-state index contributed by atoms with van der Waals surface area (Å²) in [6.07, 6.45) is 0. The van der Waals surface area contributed by atoms with E-state index in [9.17, 15) is 14.4 Å². The Labute approximate surface area is 211 Å². The molecular formula is C28H21ClN2O5.